The molecule has 152 valence electrons. The van der Waals surface area contributed by atoms with E-state index in [1.54, 1.807) is 19.1 Å². The minimum atomic E-state index is -3.86. The summed E-state index contributed by atoms with van der Waals surface area (Å²) in [5.41, 5.74) is 5.84. The van der Waals surface area contributed by atoms with Gasteiger partial charge in [-0.3, -0.25) is 4.79 Å². The summed E-state index contributed by atoms with van der Waals surface area (Å²) in [7, 11) is -3.86. The van der Waals surface area contributed by atoms with Crippen LogP contribution in [0.4, 0.5) is 0 Å². The molecule has 0 aromatic heterocycles. The molecule has 3 N–H and O–H groups in total. The van der Waals surface area contributed by atoms with E-state index in [-0.39, 0.29) is 21.8 Å². The highest BCUT2D eigenvalue weighted by Crippen LogP contribution is 2.27. The number of carbonyl (C=O) groups excluding carboxylic acids is 1. The number of nitrogens with one attached hydrogen (secondary N) is 1. The number of benzene rings is 2. The number of aryl methyl sites for hydroxylation is 3. The Balaban J connectivity index is 2.11. The van der Waals surface area contributed by atoms with Crippen molar-refractivity contribution in [3.05, 3.63) is 63.7 Å². The molecule has 2 aromatic rings. The molecule has 0 saturated heterocycles. The molecule has 0 fully saturated rings. The molecule has 0 radical (unpaired) electrons. The van der Waals surface area contributed by atoms with E-state index in [0.717, 1.165) is 0 Å². The van der Waals surface area contributed by atoms with Crippen LogP contribution in [0.5, 0.6) is 0 Å². The van der Waals surface area contributed by atoms with Gasteiger partial charge in [0.2, 0.25) is 10.0 Å². The molecule has 0 atom stereocenters. The van der Waals surface area contributed by atoms with Gasteiger partial charge < -0.3 is 5.32 Å². The molecule has 0 aliphatic carbocycles. The highest BCUT2D eigenvalue weighted by Gasteiger charge is 2.17. The fraction of sp³-hybridized carbons (Fsp3) is 0.409. The normalized spacial score (nSPS) is 12.1. The van der Waals surface area contributed by atoms with Crippen LogP contribution < -0.4 is 10.5 Å². The molecule has 0 heterocycles. The van der Waals surface area contributed by atoms with E-state index in [1.165, 1.54) is 28.3 Å². The van der Waals surface area contributed by atoms with E-state index in [1.807, 2.05) is 0 Å². The smallest absolute Gasteiger partial charge is 0.251 e. The Bertz CT molecular complexity index is 980. The average Bonchev–Trinajstić information content (AvgIpc) is 2.55. The maximum atomic E-state index is 12.4. The van der Waals surface area contributed by atoms with Crippen molar-refractivity contribution in [3.63, 3.8) is 0 Å². The first-order valence-electron chi connectivity index (χ1n) is 9.33. The molecule has 0 spiro atoms. The second kappa shape index (κ2) is 8.05. The Hall–Kier alpha value is -2.18. The topological polar surface area (TPSA) is 89.3 Å². The zero-order valence-corrected chi connectivity index (χ0v) is 18.3. The van der Waals surface area contributed by atoms with Gasteiger partial charge in [-0.05, 0) is 72.6 Å². The summed E-state index contributed by atoms with van der Waals surface area (Å²) in [6.45, 7) is 12.9. The third-order valence-corrected chi connectivity index (χ3v) is 6.03. The Morgan fingerprint density at radius 1 is 1.00 bits per heavy atom. The van der Waals surface area contributed by atoms with Crippen molar-refractivity contribution in [2.24, 2.45) is 5.14 Å². The van der Waals surface area contributed by atoms with Gasteiger partial charge in [-0.25, -0.2) is 13.6 Å². The van der Waals surface area contributed by atoms with Crippen LogP contribution in [0.15, 0.2) is 35.2 Å². The second-order valence-electron chi connectivity index (χ2n) is 8.37. The number of rotatable bonds is 5. The molecule has 0 aliphatic rings. The summed E-state index contributed by atoms with van der Waals surface area (Å²) in [5, 5.41) is 8.09. The summed E-state index contributed by atoms with van der Waals surface area (Å²) in [6, 6.07) is 8.95. The number of nitrogens with two attached hydrogens (primary N) is 1. The van der Waals surface area contributed by atoms with Gasteiger partial charge in [-0.15, -0.1) is 0 Å². The quantitative estimate of drug-likeness (QED) is 0.802. The maximum Gasteiger partial charge on any atom is 0.251 e. The minimum absolute atomic E-state index is 0.0235. The van der Waals surface area contributed by atoms with Crippen molar-refractivity contribution in [1.82, 2.24) is 5.32 Å². The molecule has 5 nitrogen and oxygen atoms in total. The van der Waals surface area contributed by atoms with Crippen molar-refractivity contribution < 1.29 is 13.2 Å². The Kier molecular flexibility index (Phi) is 6.36. The maximum absolute atomic E-state index is 12.4. The number of primary sulfonamides is 1. The largest absolute Gasteiger partial charge is 0.352 e. The highest BCUT2D eigenvalue weighted by molar-refractivity contribution is 7.89. The lowest BCUT2D eigenvalue weighted by Gasteiger charge is -2.22. The molecule has 2 rings (SSSR count). The lowest BCUT2D eigenvalue weighted by atomic mass is 9.83. The lowest BCUT2D eigenvalue weighted by Crippen LogP contribution is -2.26. The van der Waals surface area contributed by atoms with E-state index in [4.69, 9.17) is 5.14 Å². The van der Waals surface area contributed by atoms with Crippen LogP contribution in [0.3, 0.4) is 0 Å². The molecule has 0 bridgehead atoms. The molecule has 0 unspecified atom stereocenters. The molecular formula is C22H30N2O3S. The predicted molar refractivity (Wildman–Crippen MR) is 113 cm³/mol. The van der Waals surface area contributed by atoms with Crippen LogP contribution in [0.25, 0.3) is 0 Å². The van der Waals surface area contributed by atoms with E-state index in [2.05, 4.69) is 52.1 Å². The van der Waals surface area contributed by atoms with Crippen molar-refractivity contribution in [1.29, 1.82) is 0 Å². The van der Waals surface area contributed by atoms with Crippen LogP contribution >= 0.6 is 0 Å². The van der Waals surface area contributed by atoms with Gasteiger partial charge in [0.15, 0.2) is 0 Å². The van der Waals surface area contributed by atoms with Gasteiger partial charge in [0, 0.05) is 12.1 Å². The summed E-state index contributed by atoms with van der Waals surface area (Å²) in [5.74, 6) is -0.313. The number of hydrogen-bond donors (Lipinski definition) is 2. The first-order chi connectivity index (χ1) is 12.8. The number of hydrogen-bond acceptors (Lipinski definition) is 3. The van der Waals surface area contributed by atoms with Gasteiger partial charge >= 0.3 is 0 Å². The third kappa shape index (κ3) is 5.20. The van der Waals surface area contributed by atoms with Crippen molar-refractivity contribution in [2.75, 3.05) is 6.54 Å². The average molecular weight is 403 g/mol. The predicted octanol–water partition coefficient (Wildman–Crippen LogP) is 3.53. The van der Waals surface area contributed by atoms with Crippen LogP contribution in [0.1, 0.15) is 58.9 Å². The van der Waals surface area contributed by atoms with E-state index >= 15 is 0 Å². The van der Waals surface area contributed by atoms with Gasteiger partial charge in [-0.2, -0.15) is 0 Å². The van der Waals surface area contributed by atoms with Crippen molar-refractivity contribution in [2.45, 2.75) is 58.3 Å². The van der Waals surface area contributed by atoms with Crippen molar-refractivity contribution in [3.8, 4) is 0 Å². The monoisotopic (exact) mass is 402 g/mol. The number of carbonyl (C=O) groups is 1. The summed E-state index contributed by atoms with van der Waals surface area (Å²) < 4.78 is 23.3. The number of amides is 1. The molecular weight excluding hydrogens is 372 g/mol. The third-order valence-electron chi connectivity index (χ3n) is 4.98. The fourth-order valence-corrected chi connectivity index (χ4v) is 4.08. The molecule has 6 heteroatoms. The van der Waals surface area contributed by atoms with Crippen molar-refractivity contribution >= 4 is 15.9 Å². The van der Waals surface area contributed by atoms with Gasteiger partial charge in [-0.1, -0.05) is 39.0 Å². The Morgan fingerprint density at radius 2 is 1.57 bits per heavy atom. The summed E-state index contributed by atoms with van der Waals surface area (Å²) in [6.07, 6.45) is 0.710. The van der Waals surface area contributed by atoms with Crippen LogP contribution in [0.2, 0.25) is 0 Å². The summed E-state index contributed by atoms with van der Waals surface area (Å²) >= 11 is 0. The fourth-order valence-electron chi connectivity index (χ4n) is 3.27. The Morgan fingerprint density at radius 3 is 2.07 bits per heavy atom. The molecule has 1 amide bonds. The first-order valence-corrected chi connectivity index (χ1v) is 10.9. The van der Waals surface area contributed by atoms with Gasteiger partial charge in [0.1, 0.15) is 0 Å². The highest BCUT2D eigenvalue weighted by atomic mass is 32.2. The van der Waals surface area contributed by atoms with E-state index < -0.39 is 10.0 Å². The van der Waals surface area contributed by atoms with Gasteiger partial charge in [0.05, 0.1) is 4.90 Å². The number of sulfonamides is 1. The van der Waals surface area contributed by atoms with Gasteiger partial charge in [0.25, 0.3) is 5.91 Å². The molecule has 0 aliphatic heterocycles. The standard InChI is InChI=1S/C22H30N2O3S/c1-14-7-8-17(13-20(14)28(23,26)27)21(25)24-10-9-19-15(2)11-18(12-16(19)3)22(4,5)6/h7-8,11-13H,9-10H2,1-6H3,(H,24,25)(H2,23,26,27). The second-order valence-corrected chi connectivity index (χ2v) is 9.90. The minimum Gasteiger partial charge on any atom is -0.352 e. The SMILES string of the molecule is Cc1ccc(C(=O)NCCc2c(C)cc(C(C)(C)C)cc2C)cc1S(N)(=O)=O. The zero-order valence-electron chi connectivity index (χ0n) is 17.5. The molecule has 28 heavy (non-hydrogen) atoms. The zero-order chi connectivity index (χ0) is 21.3. The van der Waals surface area contributed by atoms with Crippen LogP contribution in [0, 0.1) is 20.8 Å². The first kappa shape index (κ1) is 22.1. The van der Waals surface area contributed by atoms with Crippen LogP contribution in [-0.4, -0.2) is 20.9 Å². The summed E-state index contributed by atoms with van der Waals surface area (Å²) in [4.78, 5) is 12.4. The molecule has 0 saturated carbocycles. The Labute approximate surface area is 168 Å². The molecule has 2 aromatic carbocycles. The van der Waals surface area contributed by atoms with E-state index in [9.17, 15) is 13.2 Å². The van der Waals surface area contributed by atoms with Crippen LogP contribution in [-0.2, 0) is 21.9 Å². The lowest BCUT2D eigenvalue weighted by molar-refractivity contribution is 0.0954. The van der Waals surface area contributed by atoms with E-state index in [0.29, 0.717) is 18.5 Å².